The standard InChI is InChI=1S/C8H19NO2/c1-7(2)5-11-6-8(10)4-9-3/h7-10H,4-6H2,1-3H3. The zero-order valence-corrected chi connectivity index (χ0v) is 7.63. The van der Waals surface area contributed by atoms with E-state index >= 15 is 0 Å². The van der Waals surface area contributed by atoms with Crippen molar-refractivity contribution in [2.24, 2.45) is 5.92 Å². The number of hydrogen-bond donors (Lipinski definition) is 2. The minimum atomic E-state index is -0.376. The van der Waals surface area contributed by atoms with Gasteiger partial charge in [-0.25, -0.2) is 0 Å². The van der Waals surface area contributed by atoms with Crippen molar-refractivity contribution < 1.29 is 9.84 Å². The normalized spacial score (nSPS) is 13.9. The zero-order valence-electron chi connectivity index (χ0n) is 7.63. The molecular weight excluding hydrogens is 142 g/mol. The molecule has 0 spiro atoms. The monoisotopic (exact) mass is 161 g/mol. The Bertz CT molecular complexity index is 86.2. The summed E-state index contributed by atoms with van der Waals surface area (Å²) in [6.07, 6.45) is -0.376. The third-order valence-corrected chi connectivity index (χ3v) is 1.20. The Morgan fingerprint density at radius 3 is 2.45 bits per heavy atom. The molecule has 11 heavy (non-hydrogen) atoms. The second kappa shape index (κ2) is 6.58. The predicted octanol–water partition coefficient (Wildman–Crippen LogP) is 0.239. The van der Waals surface area contributed by atoms with Gasteiger partial charge in [0.2, 0.25) is 0 Å². The van der Waals surface area contributed by atoms with Gasteiger partial charge in [0.15, 0.2) is 0 Å². The van der Waals surface area contributed by atoms with Crippen LogP contribution >= 0.6 is 0 Å². The van der Waals surface area contributed by atoms with Crippen molar-refractivity contribution in [3.63, 3.8) is 0 Å². The second-order valence-electron chi connectivity index (χ2n) is 3.14. The summed E-state index contributed by atoms with van der Waals surface area (Å²) in [5, 5.41) is 12.1. The lowest BCUT2D eigenvalue weighted by atomic mass is 10.2. The van der Waals surface area contributed by atoms with Crippen LogP contribution in [0.4, 0.5) is 0 Å². The molecule has 0 radical (unpaired) electrons. The van der Waals surface area contributed by atoms with Crippen LogP contribution < -0.4 is 5.32 Å². The van der Waals surface area contributed by atoms with Gasteiger partial charge in [-0.3, -0.25) is 0 Å². The number of aliphatic hydroxyl groups is 1. The summed E-state index contributed by atoms with van der Waals surface area (Å²) in [7, 11) is 1.81. The van der Waals surface area contributed by atoms with Gasteiger partial charge >= 0.3 is 0 Å². The molecule has 0 bridgehead atoms. The second-order valence-corrected chi connectivity index (χ2v) is 3.14. The van der Waals surface area contributed by atoms with E-state index in [1.54, 1.807) is 0 Å². The van der Waals surface area contributed by atoms with Crippen molar-refractivity contribution in [3.05, 3.63) is 0 Å². The minimum absolute atomic E-state index is 0.376. The first-order chi connectivity index (χ1) is 5.16. The Hall–Kier alpha value is -0.120. The van der Waals surface area contributed by atoms with Crippen LogP contribution in [0.3, 0.4) is 0 Å². The molecule has 0 aromatic rings. The molecule has 0 heterocycles. The van der Waals surface area contributed by atoms with E-state index in [0.717, 1.165) is 6.61 Å². The average molecular weight is 161 g/mol. The fourth-order valence-electron chi connectivity index (χ4n) is 0.734. The summed E-state index contributed by atoms with van der Waals surface area (Å²) in [6, 6.07) is 0. The number of likely N-dealkylation sites (N-methyl/N-ethyl adjacent to an activating group) is 1. The van der Waals surface area contributed by atoms with Gasteiger partial charge in [0.1, 0.15) is 0 Å². The van der Waals surface area contributed by atoms with Crippen LogP contribution in [0.5, 0.6) is 0 Å². The van der Waals surface area contributed by atoms with Gasteiger partial charge in [-0.05, 0) is 13.0 Å². The van der Waals surface area contributed by atoms with Gasteiger partial charge in [-0.1, -0.05) is 13.8 Å². The highest BCUT2D eigenvalue weighted by Crippen LogP contribution is 1.93. The third kappa shape index (κ3) is 7.78. The summed E-state index contributed by atoms with van der Waals surface area (Å²) in [5.41, 5.74) is 0. The van der Waals surface area contributed by atoms with Crippen molar-refractivity contribution in [1.29, 1.82) is 0 Å². The Balaban J connectivity index is 3.10. The third-order valence-electron chi connectivity index (χ3n) is 1.20. The number of ether oxygens (including phenoxy) is 1. The predicted molar refractivity (Wildman–Crippen MR) is 45.6 cm³/mol. The molecular formula is C8H19NO2. The fourth-order valence-corrected chi connectivity index (χ4v) is 0.734. The van der Waals surface area contributed by atoms with E-state index in [1.165, 1.54) is 0 Å². The highest BCUT2D eigenvalue weighted by molar-refractivity contribution is 4.55. The fraction of sp³-hybridized carbons (Fsp3) is 1.00. The maximum Gasteiger partial charge on any atom is 0.0897 e. The average Bonchev–Trinajstić information content (AvgIpc) is 1.87. The summed E-state index contributed by atoms with van der Waals surface area (Å²) in [4.78, 5) is 0. The van der Waals surface area contributed by atoms with Gasteiger partial charge in [0, 0.05) is 13.2 Å². The molecule has 68 valence electrons. The van der Waals surface area contributed by atoms with Crippen molar-refractivity contribution in [2.45, 2.75) is 20.0 Å². The van der Waals surface area contributed by atoms with Gasteiger partial charge in [-0.15, -0.1) is 0 Å². The first-order valence-corrected chi connectivity index (χ1v) is 4.07. The van der Waals surface area contributed by atoms with Crippen LogP contribution in [0.1, 0.15) is 13.8 Å². The Morgan fingerprint density at radius 2 is 2.00 bits per heavy atom. The topological polar surface area (TPSA) is 41.5 Å². The molecule has 0 fully saturated rings. The number of nitrogens with one attached hydrogen (secondary N) is 1. The lowest BCUT2D eigenvalue weighted by molar-refractivity contribution is 0.0270. The Morgan fingerprint density at radius 1 is 1.36 bits per heavy atom. The Labute approximate surface area is 68.8 Å². The van der Waals surface area contributed by atoms with Crippen LogP contribution in [0, 0.1) is 5.92 Å². The van der Waals surface area contributed by atoms with Crippen molar-refractivity contribution >= 4 is 0 Å². The summed E-state index contributed by atoms with van der Waals surface area (Å²) < 4.78 is 5.22. The van der Waals surface area contributed by atoms with E-state index in [0.29, 0.717) is 19.1 Å². The van der Waals surface area contributed by atoms with Crippen molar-refractivity contribution in [3.8, 4) is 0 Å². The maximum absolute atomic E-state index is 9.17. The number of aliphatic hydroxyl groups excluding tert-OH is 1. The van der Waals surface area contributed by atoms with Crippen LogP contribution in [0.2, 0.25) is 0 Å². The van der Waals surface area contributed by atoms with Crippen LogP contribution in [0.15, 0.2) is 0 Å². The molecule has 0 saturated heterocycles. The molecule has 0 rings (SSSR count). The molecule has 2 N–H and O–H groups in total. The summed E-state index contributed by atoms with van der Waals surface area (Å²) in [6.45, 7) is 5.92. The molecule has 0 aliphatic rings. The van der Waals surface area contributed by atoms with E-state index in [4.69, 9.17) is 4.74 Å². The van der Waals surface area contributed by atoms with E-state index in [9.17, 15) is 5.11 Å². The molecule has 0 aliphatic carbocycles. The van der Waals surface area contributed by atoms with Gasteiger partial charge < -0.3 is 15.2 Å². The highest BCUT2D eigenvalue weighted by atomic mass is 16.5. The molecule has 3 nitrogen and oxygen atoms in total. The summed E-state index contributed by atoms with van der Waals surface area (Å²) >= 11 is 0. The summed E-state index contributed by atoms with van der Waals surface area (Å²) in [5.74, 6) is 0.539. The largest absolute Gasteiger partial charge is 0.389 e. The molecule has 0 aromatic heterocycles. The molecule has 3 heteroatoms. The molecule has 0 amide bonds. The number of rotatable bonds is 6. The van der Waals surface area contributed by atoms with E-state index < -0.39 is 0 Å². The lowest BCUT2D eigenvalue weighted by Gasteiger charge is -2.11. The smallest absolute Gasteiger partial charge is 0.0897 e. The van der Waals surface area contributed by atoms with Crippen molar-refractivity contribution in [1.82, 2.24) is 5.32 Å². The highest BCUT2D eigenvalue weighted by Gasteiger charge is 2.02. The zero-order chi connectivity index (χ0) is 8.69. The van der Waals surface area contributed by atoms with Crippen LogP contribution in [0.25, 0.3) is 0 Å². The first kappa shape index (κ1) is 10.9. The molecule has 0 saturated carbocycles. The maximum atomic E-state index is 9.17. The molecule has 1 unspecified atom stereocenters. The van der Waals surface area contributed by atoms with Crippen molar-refractivity contribution in [2.75, 3.05) is 26.8 Å². The van der Waals surface area contributed by atoms with Crippen LogP contribution in [-0.2, 0) is 4.74 Å². The Kier molecular flexibility index (Phi) is 6.51. The van der Waals surface area contributed by atoms with Crippen LogP contribution in [-0.4, -0.2) is 38.0 Å². The first-order valence-electron chi connectivity index (χ1n) is 4.07. The van der Waals surface area contributed by atoms with Gasteiger partial charge in [-0.2, -0.15) is 0 Å². The number of hydrogen-bond acceptors (Lipinski definition) is 3. The molecule has 1 atom stereocenters. The SMILES string of the molecule is CNCC(O)COCC(C)C. The lowest BCUT2D eigenvalue weighted by Crippen LogP contribution is -2.28. The molecule has 0 aromatic carbocycles. The molecule has 0 aliphatic heterocycles. The van der Waals surface area contributed by atoms with E-state index in [-0.39, 0.29) is 6.10 Å². The van der Waals surface area contributed by atoms with Gasteiger partial charge in [0.25, 0.3) is 0 Å². The minimum Gasteiger partial charge on any atom is -0.389 e. The van der Waals surface area contributed by atoms with Gasteiger partial charge in [0.05, 0.1) is 12.7 Å². The quantitative estimate of drug-likeness (QED) is 0.586. The van der Waals surface area contributed by atoms with E-state index in [2.05, 4.69) is 19.2 Å². The van der Waals surface area contributed by atoms with E-state index in [1.807, 2.05) is 7.05 Å².